The van der Waals surface area contributed by atoms with E-state index in [1.54, 1.807) is 13.8 Å². The molecule has 174 valence electrons. The molecule has 0 aromatic heterocycles. The zero-order valence-corrected chi connectivity index (χ0v) is 18.7. The number of carbonyl (C=O) groups excluding carboxylic acids is 2. The Labute approximate surface area is 192 Å². The first kappa shape index (κ1) is 22.8. The van der Waals surface area contributed by atoms with Gasteiger partial charge >= 0.3 is 12.1 Å². The van der Waals surface area contributed by atoms with Crippen LogP contribution in [0.5, 0.6) is 0 Å². The van der Waals surface area contributed by atoms with Crippen molar-refractivity contribution in [1.82, 2.24) is 10.2 Å². The molecule has 8 nitrogen and oxygen atoms in total. The molecule has 8 heteroatoms. The molecule has 4 rings (SSSR count). The molecule has 1 aliphatic heterocycles. The van der Waals surface area contributed by atoms with E-state index < -0.39 is 30.1 Å². The predicted molar refractivity (Wildman–Crippen MR) is 121 cm³/mol. The van der Waals surface area contributed by atoms with Gasteiger partial charge in [-0.2, -0.15) is 0 Å². The van der Waals surface area contributed by atoms with Crippen LogP contribution in [0.4, 0.5) is 4.79 Å². The molecule has 3 atom stereocenters. The van der Waals surface area contributed by atoms with E-state index in [-0.39, 0.29) is 31.5 Å². The molecule has 1 saturated heterocycles. The minimum atomic E-state index is -0.999. The summed E-state index contributed by atoms with van der Waals surface area (Å²) < 4.78 is 11.0. The normalized spacial score (nSPS) is 20.1. The van der Waals surface area contributed by atoms with Crippen molar-refractivity contribution in [3.8, 4) is 11.1 Å². The lowest BCUT2D eigenvalue weighted by atomic mass is 9.98. The number of ether oxygens (including phenoxy) is 2. The molecule has 2 amide bonds. The minimum absolute atomic E-state index is 0.0511. The Morgan fingerprint density at radius 3 is 2.24 bits per heavy atom. The maximum Gasteiger partial charge on any atom is 0.407 e. The summed E-state index contributed by atoms with van der Waals surface area (Å²) in [6.07, 6.45) is -1.24. The third-order valence-corrected chi connectivity index (χ3v) is 6.32. The van der Waals surface area contributed by atoms with Crippen molar-refractivity contribution in [2.24, 2.45) is 5.92 Å². The van der Waals surface area contributed by atoms with Gasteiger partial charge in [0.1, 0.15) is 18.6 Å². The first-order valence-electron chi connectivity index (χ1n) is 11.1. The van der Waals surface area contributed by atoms with Crippen molar-refractivity contribution in [3.05, 3.63) is 59.7 Å². The summed E-state index contributed by atoms with van der Waals surface area (Å²) in [5.74, 6) is -2.22. The number of benzene rings is 2. The minimum Gasteiger partial charge on any atom is -0.481 e. The zero-order chi connectivity index (χ0) is 23.5. The summed E-state index contributed by atoms with van der Waals surface area (Å²) in [5, 5.41) is 12.0. The van der Waals surface area contributed by atoms with Crippen molar-refractivity contribution in [1.29, 1.82) is 0 Å². The van der Waals surface area contributed by atoms with Crippen molar-refractivity contribution in [2.45, 2.75) is 31.9 Å². The molecule has 2 aromatic carbocycles. The summed E-state index contributed by atoms with van der Waals surface area (Å²) in [6, 6.07) is 15.3. The van der Waals surface area contributed by atoms with E-state index >= 15 is 0 Å². The van der Waals surface area contributed by atoms with E-state index in [9.17, 15) is 19.5 Å². The highest BCUT2D eigenvalue weighted by Crippen LogP contribution is 2.44. The molecule has 1 fully saturated rings. The molecule has 2 N–H and O–H groups in total. The Balaban J connectivity index is 1.35. The maximum atomic E-state index is 12.8. The number of hydrogen-bond acceptors (Lipinski definition) is 5. The van der Waals surface area contributed by atoms with Crippen molar-refractivity contribution >= 4 is 18.0 Å². The van der Waals surface area contributed by atoms with Crippen LogP contribution in [0.1, 0.15) is 30.9 Å². The number of carbonyl (C=O) groups is 3. The largest absolute Gasteiger partial charge is 0.481 e. The van der Waals surface area contributed by atoms with Crippen LogP contribution in [0.3, 0.4) is 0 Å². The third kappa shape index (κ3) is 4.57. The summed E-state index contributed by atoms with van der Waals surface area (Å²) in [6.45, 7) is 4.09. The first-order chi connectivity index (χ1) is 15.9. The second-order valence-electron chi connectivity index (χ2n) is 8.37. The number of likely N-dealkylation sites (tertiary alicyclic amines) is 1. The molecule has 3 unspecified atom stereocenters. The number of hydrogen-bond donors (Lipinski definition) is 2. The van der Waals surface area contributed by atoms with E-state index in [0.29, 0.717) is 6.61 Å². The van der Waals surface area contributed by atoms with Gasteiger partial charge < -0.3 is 24.8 Å². The van der Waals surface area contributed by atoms with Gasteiger partial charge in [-0.25, -0.2) is 4.79 Å². The Hall–Kier alpha value is -3.39. The lowest BCUT2D eigenvalue weighted by Crippen LogP contribution is -2.46. The summed E-state index contributed by atoms with van der Waals surface area (Å²) in [5.41, 5.74) is 4.48. The molecule has 2 aliphatic rings. The molecule has 1 heterocycles. The number of amides is 2. The van der Waals surface area contributed by atoms with Gasteiger partial charge in [0.05, 0.1) is 6.10 Å². The number of alkyl carbamates (subject to hydrolysis) is 1. The average Bonchev–Trinajstić information content (AvgIpc) is 3.37. The second-order valence-corrected chi connectivity index (χ2v) is 8.37. The van der Waals surface area contributed by atoms with Crippen LogP contribution >= 0.6 is 0 Å². The van der Waals surface area contributed by atoms with Gasteiger partial charge in [-0.1, -0.05) is 48.5 Å². The van der Waals surface area contributed by atoms with Gasteiger partial charge in [0.2, 0.25) is 5.91 Å². The Morgan fingerprint density at radius 1 is 1.06 bits per heavy atom. The molecule has 0 radical (unpaired) electrons. The number of rotatable bonds is 7. The fourth-order valence-corrected chi connectivity index (χ4v) is 4.73. The van der Waals surface area contributed by atoms with E-state index in [4.69, 9.17) is 9.47 Å². The highest BCUT2D eigenvalue weighted by Gasteiger charge is 2.41. The van der Waals surface area contributed by atoms with Gasteiger partial charge in [0.25, 0.3) is 0 Å². The van der Waals surface area contributed by atoms with Gasteiger partial charge in [0, 0.05) is 25.6 Å². The fourth-order valence-electron chi connectivity index (χ4n) is 4.73. The number of carboxylic acids is 1. The van der Waals surface area contributed by atoms with E-state index in [1.807, 2.05) is 36.4 Å². The van der Waals surface area contributed by atoms with Crippen LogP contribution in [-0.2, 0) is 19.1 Å². The average molecular weight is 453 g/mol. The smallest absolute Gasteiger partial charge is 0.407 e. The van der Waals surface area contributed by atoms with E-state index in [1.165, 1.54) is 4.90 Å². The van der Waals surface area contributed by atoms with E-state index in [0.717, 1.165) is 22.3 Å². The van der Waals surface area contributed by atoms with Gasteiger partial charge in [-0.05, 0) is 36.1 Å². The van der Waals surface area contributed by atoms with Crippen molar-refractivity contribution < 1.29 is 29.0 Å². The molecule has 2 aromatic rings. The number of nitrogens with zero attached hydrogens (tertiary/aromatic N) is 1. The van der Waals surface area contributed by atoms with Gasteiger partial charge in [-0.15, -0.1) is 0 Å². The quantitative estimate of drug-likeness (QED) is 0.669. The standard InChI is InChI=1S/C25H28N2O6/c1-3-32-22-13-27(12-20(22)24(29)30)23(28)15(2)26-25(31)33-14-21-18-10-6-4-8-16(18)17-9-5-7-11-19(17)21/h4-11,15,20-22H,3,12-14H2,1-2H3,(H,26,31)(H,29,30). The maximum absolute atomic E-state index is 12.8. The number of aliphatic carboxylic acids is 1. The van der Waals surface area contributed by atoms with Crippen molar-refractivity contribution in [2.75, 3.05) is 26.3 Å². The first-order valence-corrected chi connectivity index (χ1v) is 11.1. The van der Waals surface area contributed by atoms with Crippen LogP contribution in [-0.4, -0.2) is 66.4 Å². The summed E-state index contributed by atoms with van der Waals surface area (Å²) in [7, 11) is 0. The molecule has 33 heavy (non-hydrogen) atoms. The lowest BCUT2D eigenvalue weighted by Gasteiger charge is -2.22. The number of fused-ring (bicyclic) bond motifs is 3. The lowest BCUT2D eigenvalue weighted by molar-refractivity contribution is -0.145. The Bertz CT molecular complexity index is 1010. The summed E-state index contributed by atoms with van der Waals surface area (Å²) in [4.78, 5) is 38.2. The van der Waals surface area contributed by atoms with Crippen LogP contribution < -0.4 is 5.32 Å². The molecule has 0 spiro atoms. The predicted octanol–water partition coefficient (Wildman–Crippen LogP) is 2.86. The monoisotopic (exact) mass is 452 g/mol. The van der Waals surface area contributed by atoms with Crippen LogP contribution in [0.25, 0.3) is 11.1 Å². The Morgan fingerprint density at radius 2 is 1.67 bits per heavy atom. The van der Waals surface area contributed by atoms with Crippen LogP contribution in [0.2, 0.25) is 0 Å². The number of carboxylic acid groups (broad SMARTS) is 1. The van der Waals surface area contributed by atoms with Gasteiger partial charge in [-0.3, -0.25) is 9.59 Å². The van der Waals surface area contributed by atoms with Crippen molar-refractivity contribution in [3.63, 3.8) is 0 Å². The molecule has 0 saturated carbocycles. The molecular formula is C25H28N2O6. The van der Waals surface area contributed by atoms with E-state index in [2.05, 4.69) is 17.4 Å². The van der Waals surface area contributed by atoms with Crippen LogP contribution in [0, 0.1) is 5.92 Å². The molecular weight excluding hydrogens is 424 g/mol. The van der Waals surface area contributed by atoms with Crippen LogP contribution in [0.15, 0.2) is 48.5 Å². The molecule has 0 bridgehead atoms. The third-order valence-electron chi connectivity index (χ3n) is 6.32. The number of nitrogens with one attached hydrogen (secondary N) is 1. The topological polar surface area (TPSA) is 105 Å². The molecule has 1 aliphatic carbocycles. The Kier molecular flexibility index (Phi) is 6.65. The SMILES string of the molecule is CCOC1CN(C(=O)C(C)NC(=O)OCC2c3ccccc3-c3ccccc32)CC1C(=O)O. The highest BCUT2D eigenvalue weighted by atomic mass is 16.5. The van der Waals surface area contributed by atoms with Gasteiger partial charge in [0.15, 0.2) is 0 Å². The highest BCUT2D eigenvalue weighted by molar-refractivity contribution is 5.86. The zero-order valence-electron chi connectivity index (χ0n) is 18.7. The second kappa shape index (κ2) is 9.62. The summed E-state index contributed by atoms with van der Waals surface area (Å²) >= 11 is 0. The fraction of sp³-hybridized carbons (Fsp3) is 0.400.